The van der Waals surface area contributed by atoms with Crippen molar-refractivity contribution in [1.29, 1.82) is 0 Å². The number of hydrogen-bond donors (Lipinski definition) is 1. The lowest BCUT2D eigenvalue weighted by atomic mass is 9.97. The minimum Gasteiger partial charge on any atom is -0.451 e. The number of carbonyl (C=O) groups is 2. The number of hydrogen-bond acceptors (Lipinski definition) is 6. The molecule has 3 aromatic heterocycles. The molecule has 0 atom stereocenters. The van der Waals surface area contributed by atoms with E-state index >= 15 is 0 Å². The first kappa shape index (κ1) is 21.4. The average Bonchev–Trinajstić information content (AvgIpc) is 3.53. The highest BCUT2D eigenvalue weighted by atomic mass is 32.1. The third kappa shape index (κ3) is 4.04. The maximum Gasteiger partial charge on any atom is 0.289 e. The van der Waals surface area contributed by atoms with Gasteiger partial charge in [0, 0.05) is 36.8 Å². The van der Waals surface area contributed by atoms with E-state index in [1.807, 2.05) is 50.1 Å². The van der Waals surface area contributed by atoms with Gasteiger partial charge in [0.2, 0.25) is 0 Å². The number of piperidine rings is 1. The molecule has 2 amide bonds. The second-order valence-corrected chi connectivity index (χ2v) is 9.30. The molecular weight excluding hydrogens is 438 g/mol. The molecule has 0 bridgehead atoms. The highest BCUT2D eigenvalue weighted by Gasteiger charge is 2.28. The van der Waals surface area contributed by atoms with Crippen LogP contribution < -0.4 is 5.32 Å². The van der Waals surface area contributed by atoms with Crippen molar-refractivity contribution in [2.24, 2.45) is 7.05 Å². The van der Waals surface area contributed by atoms with E-state index in [0.29, 0.717) is 24.5 Å². The number of para-hydroxylation sites is 1. The third-order valence-corrected chi connectivity index (χ3v) is 7.28. The van der Waals surface area contributed by atoms with E-state index in [1.165, 1.54) is 11.3 Å². The zero-order valence-corrected chi connectivity index (χ0v) is 19.6. The van der Waals surface area contributed by atoms with Crippen LogP contribution in [0.2, 0.25) is 0 Å². The summed E-state index contributed by atoms with van der Waals surface area (Å²) >= 11 is 1.50. The molecule has 5 rings (SSSR count). The molecule has 1 saturated heterocycles. The van der Waals surface area contributed by atoms with Gasteiger partial charge in [-0.1, -0.05) is 18.2 Å². The Kier molecular flexibility index (Phi) is 5.49. The van der Waals surface area contributed by atoms with E-state index in [0.717, 1.165) is 45.9 Å². The number of aromatic nitrogens is 3. The van der Waals surface area contributed by atoms with Gasteiger partial charge in [0.25, 0.3) is 11.8 Å². The quantitative estimate of drug-likeness (QED) is 0.481. The standard InChI is InChI=1S/C24H25N5O3S/c1-14-21(15(2)28(3)27-14)26-22(30)18-13-33-23(25-18)16-8-10-29(11-9-16)24(31)20-12-17-6-4-5-7-19(17)32-20/h4-7,12-13,16H,8-11H2,1-3H3,(H,26,30). The zero-order valence-electron chi connectivity index (χ0n) is 18.8. The number of likely N-dealkylation sites (tertiary alicyclic amines) is 1. The molecule has 9 heteroatoms. The predicted molar refractivity (Wildman–Crippen MR) is 127 cm³/mol. The number of nitrogens with zero attached hydrogens (tertiary/aromatic N) is 4. The lowest BCUT2D eigenvalue weighted by Gasteiger charge is -2.30. The summed E-state index contributed by atoms with van der Waals surface area (Å²) in [6.45, 7) is 5.06. The van der Waals surface area contributed by atoms with Gasteiger partial charge in [-0.2, -0.15) is 5.10 Å². The van der Waals surface area contributed by atoms with Gasteiger partial charge in [-0.05, 0) is 38.8 Å². The van der Waals surface area contributed by atoms with Crippen molar-refractivity contribution >= 4 is 39.8 Å². The Balaban J connectivity index is 1.22. The average molecular weight is 464 g/mol. The number of fused-ring (bicyclic) bond motifs is 1. The van der Waals surface area contributed by atoms with Gasteiger partial charge in [-0.25, -0.2) is 4.98 Å². The second-order valence-electron chi connectivity index (χ2n) is 8.41. The topological polar surface area (TPSA) is 93.3 Å². The van der Waals surface area contributed by atoms with Crippen molar-refractivity contribution in [3.05, 3.63) is 63.6 Å². The van der Waals surface area contributed by atoms with Gasteiger partial charge >= 0.3 is 0 Å². The van der Waals surface area contributed by atoms with Crippen LogP contribution in [0.15, 0.2) is 40.1 Å². The summed E-state index contributed by atoms with van der Waals surface area (Å²) < 4.78 is 7.49. The molecule has 1 aliphatic heterocycles. The SMILES string of the molecule is Cc1nn(C)c(C)c1NC(=O)c1csc(C2CCN(C(=O)c3cc4ccccc4o3)CC2)n1. The fourth-order valence-corrected chi connectivity index (χ4v) is 5.26. The van der Waals surface area contributed by atoms with Gasteiger partial charge < -0.3 is 14.6 Å². The summed E-state index contributed by atoms with van der Waals surface area (Å²) in [5.41, 5.74) is 3.55. The Morgan fingerprint density at radius 1 is 1.18 bits per heavy atom. The van der Waals surface area contributed by atoms with E-state index in [1.54, 1.807) is 16.1 Å². The molecule has 4 heterocycles. The van der Waals surface area contributed by atoms with Crippen LogP contribution in [-0.2, 0) is 7.05 Å². The Labute approximate surface area is 195 Å². The van der Waals surface area contributed by atoms with Gasteiger partial charge in [0.15, 0.2) is 5.76 Å². The zero-order chi connectivity index (χ0) is 23.1. The third-order valence-electron chi connectivity index (χ3n) is 6.27. The molecule has 0 spiro atoms. The van der Waals surface area contributed by atoms with Gasteiger partial charge in [0.1, 0.15) is 11.3 Å². The van der Waals surface area contributed by atoms with Crippen molar-refractivity contribution in [3.8, 4) is 0 Å². The van der Waals surface area contributed by atoms with Crippen molar-refractivity contribution in [2.45, 2.75) is 32.6 Å². The number of furan rings is 1. The Morgan fingerprint density at radius 3 is 2.64 bits per heavy atom. The number of anilines is 1. The van der Waals surface area contributed by atoms with Gasteiger partial charge in [0.05, 0.1) is 22.1 Å². The second kappa shape index (κ2) is 8.47. The number of thiazole rings is 1. The molecule has 0 unspecified atom stereocenters. The molecule has 170 valence electrons. The number of nitrogens with one attached hydrogen (secondary N) is 1. The summed E-state index contributed by atoms with van der Waals surface area (Å²) in [4.78, 5) is 32.1. The smallest absolute Gasteiger partial charge is 0.289 e. The highest BCUT2D eigenvalue weighted by molar-refractivity contribution is 7.10. The Bertz CT molecular complexity index is 1310. The number of rotatable bonds is 4. The molecule has 1 aromatic carbocycles. The molecule has 1 fully saturated rings. The lowest BCUT2D eigenvalue weighted by molar-refractivity contribution is 0.0683. The summed E-state index contributed by atoms with van der Waals surface area (Å²) in [5, 5.41) is 11.0. The van der Waals surface area contributed by atoms with Crippen molar-refractivity contribution < 1.29 is 14.0 Å². The largest absolute Gasteiger partial charge is 0.451 e. The Morgan fingerprint density at radius 2 is 1.94 bits per heavy atom. The van der Waals surface area contributed by atoms with Crippen LogP contribution in [0.5, 0.6) is 0 Å². The van der Waals surface area contributed by atoms with Crippen LogP contribution >= 0.6 is 11.3 Å². The predicted octanol–water partition coefficient (Wildman–Crippen LogP) is 4.51. The minimum atomic E-state index is -0.228. The van der Waals surface area contributed by atoms with Gasteiger partial charge in [-0.3, -0.25) is 14.3 Å². The number of amides is 2. The monoisotopic (exact) mass is 463 g/mol. The molecule has 1 N–H and O–H groups in total. The minimum absolute atomic E-state index is 0.0777. The van der Waals surface area contributed by atoms with E-state index in [4.69, 9.17) is 4.42 Å². The first-order valence-corrected chi connectivity index (χ1v) is 11.8. The van der Waals surface area contributed by atoms with Crippen LogP contribution in [-0.4, -0.2) is 44.6 Å². The van der Waals surface area contributed by atoms with E-state index in [-0.39, 0.29) is 17.7 Å². The first-order valence-electron chi connectivity index (χ1n) is 11.0. The molecule has 8 nitrogen and oxygen atoms in total. The van der Waals surface area contributed by atoms with Crippen LogP contribution in [0, 0.1) is 13.8 Å². The van der Waals surface area contributed by atoms with Crippen LogP contribution in [0.25, 0.3) is 11.0 Å². The van der Waals surface area contributed by atoms with E-state index < -0.39 is 0 Å². The summed E-state index contributed by atoms with van der Waals surface area (Å²) in [6.07, 6.45) is 1.61. The maximum atomic E-state index is 12.9. The molecule has 1 aliphatic rings. The van der Waals surface area contributed by atoms with E-state index in [2.05, 4.69) is 15.4 Å². The number of carbonyl (C=O) groups excluding carboxylic acids is 2. The molecule has 4 aromatic rings. The molecule has 0 aliphatic carbocycles. The first-order chi connectivity index (χ1) is 15.9. The Hall–Kier alpha value is -3.46. The molecule has 0 saturated carbocycles. The molecular formula is C24H25N5O3S. The van der Waals surface area contributed by atoms with Crippen molar-refractivity contribution in [2.75, 3.05) is 18.4 Å². The van der Waals surface area contributed by atoms with Crippen LogP contribution in [0.1, 0.15) is 56.2 Å². The van der Waals surface area contributed by atoms with Crippen LogP contribution in [0.3, 0.4) is 0 Å². The highest BCUT2D eigenvalue weighted by Crippen LogP contribution is 2.32. The van der Waals surface area contributed by atoms with Crippen LogP contribution in [0.4, 0.5) is 5.69 Å². The fourth-order valence-electron chi connectivity index (χ4n) is 4.28. The van der Waals surface area contributed by atoms with E-state index in [9.17, 15) is 9.59 Å². The summed E-state index contributed by atoms with van der Waals surface area (Å²) in [7, 11) is 1.85. The fraction of sp³-hybridized carbons (Fsp3) is 0.333. The normalized spacial score (nSPS) is 14.7. The lowest BCUT2D eigenvalue weighted by Crippen LogP contribution is -2.37. The van der Waals surface area contributed by atoms with Crippen molar-refractivity contribution in [1.82, 2.24) is 19.7 Å². The molecule has 0 radical (unpaired) electrons. The summed E-state index contributed by atoms with van der Waals surface area (Å²) in [5.74, 6) is 0.308. The van der Waals surface area contributed by atoms with Gasteiger partial charge in [-0.15, -0.1) is 11.3 Å². The van der Waals surface area contributed by atoms with Crippen molar-refractivity contribution in [3.63, 3.8) is 0 Å². The molecule has 33 heavy (non-hydrogen) atoms. The number of aryl methyl sites for hydroxylation is 2. The maximum absolute atomic E-state index is 12.9. The number of benzene rings is 1. The summed E-state index contributed by atoms with van der Waals surface area (Å²) in [6, 6.07) is 9.44.